The normalized spacial score (nSPS) is 14.2. The molecule has 1 saturated carbocycles. The number of pyridine rings is 1. The van der Waals surface area contributed by atoms with Gasteiger partial charge in [-0.1, -0.05) is 18.2 Å². The van der Waals surface area contributed by atoms with Crippen LogP contribution in [0.3, 0.4) is 0 Å². The van der Waals surface area contributed by atoms with Crippen molar-refractivity contribution in [3.8, 4) is 0 Å². The second kappa shape index (κ2) is 7.13. The Morgan fingerprint density at radius 3 is 2.44 bits per heavy atom. The average Bonchev–Trinajstić information content (AvgIpc) is 3.43. The Hall–Kier alpha value is -2.57. The summed E-state index contributed by atoms with van der Waals surface area (Å²) in [6.07, 6.45) is 0.821. The van der Waals surface area contributed by atoms with Crippen molar-refractivity contribution in [3.05, 3.63) is 65.5 Å². The molecule has 4 nitrogen and oxygen atoms in total. The standard InChI is InChI=1S/C18H18F3N3O/c19-18(20,21)15-5-3-13(4-6-15)12-24(16-7-8-16)17(25)23-11-14-2-1-9-22-10-14/h1-6,9-10,16H,7-8,11-12H2,(H,23,25). The number of nitrogens with one attached hydrogen (secondary N) is 1. The molecule has 2 amide bonds. The summed E-state index contributed by atoms with van der Waals surface area (Å²) in [6, 6.07) is 8.54. The summed E-state index contributed by atoms with van der Waals surface area (Å²) in [7, 11) is 0. The first-order chi connectivity index (χ1) is 11.9. The number of amides is 2. The zero-order valence-electron chi connectivity index (χ0n) is 13.5. The number of urea groups is 1. The van der Waals surface area contributed by atoms with Crippen LogP contribution < -0.4 is 5.32 Å². The quantitative estimate of drug-likeness (QED) is 0.888. The molecule has 1 aromatic carbocycles. The van der Waals surface area contributed by atoms with Gasteiger partial charge in [-0.05, 0) is 42.2 Å². The van der Waals surface area contributed by atoms with E-state index >= 15 is 0 Å². The minimum Gasteiger partial charge on any atom is -0.334 e. The molecule has 1 heterocycles. The molecule has 0 bridgehead atoms. The first-order valence-electron chi connectivity index (χ1n) is 8.03. The second-order valence-corrected chi connectivity index (χ2v) is 6.07. The summed E-state index contributed by atoms with van der Waals surface area (Å²) in [4.78, 5) is 18.1. The number of alkyl halides is 3. The number of rotatable bonds is 5. The van der Waals surface area contributed by atoms with Gasteiger partial charge < -0.3 is 10.2 Å². The molecular weight excluding hydrogens is 331 g/mol. The smallest absolute Gasteiger partial charge is 0.334 e. The molecule has 1 aliphatic rings. The van der Waals surface area contributed by atoms with Crippen molar-refractivity contribution in [3.63, 3.8) is 0 Å². The van der Waals surface area contributed by atoms with Crippen molar-refractivity contribution < 1.29 is 18.0 Å². The zero-order chi connectivity index (χ0) is 17.9. The first kappa shape index (κ1) is 17.3. The molecule has 25 heavy (non-hydrogen) atoms. The van der Waals surface area contributed by atoms with Crippen molar-refractivity contribution in [1.82, 2.24) is 15.2 Å². The van der Waals surface area contributed by atoms with Crippen LogP contribution in [0.1, 0.15) is 29.5 Å². The fraction of sp³-hybridized carbons (Fsp3) is 0.333. The van der Waals surface area contributed by atoms with Gasteiger partial charge in [0.2, 0.25) is 0 Å². The summed E-state index contributed by atoms with van der Waals surface area (Å²) in [5.74, 6) is 0. The molecule has 1 aromatic heterocycles. The van der Waals surface area contributed by atoms with Gasteiger partial charge >= 0.3 is 12.2 Å². The zero-order valence-corrected chi connectivity index (χ0v) is 13.5. The maximum Gasteiger partial charge on any atom is 0.416 e. The number of carbonyl (C=O) groups excluding carboxylic acids is 1. The van der Waals surface area contributed by atoms with Crippen LogP contribution in [0.4, 0.5) is 18.0 Å². The third-order valence-electron chi connectivity index (χ3n) is 4.05. The summed E-state index contributed by atoms with van der Waals surface area (Å²) in [6.45, 7) is 0.657. The maximum atomic E-state index is 12.6. The molecular formula is C18H18F3N3O. The van der Waals surface area contributed by atoms with Crippen LogP contribution in [0.2, 0.25) is 0 Å². The Morgan fingerprint density at radius 1 is 1.16 bits per heavy atom. The highest BCUT2D eigenvalue weighted by Crippen LogP contribution is 2.31. The lowest BCUT2D eigenvalue weighted by Crippen LogP contribution is -2.40. The highest BCUT2D eigenvalue weighted by atomic mass is 19.4. The number of hydrogen-bond donors (Lipinski definition) is 1. The van der Waals surface area contributed by atoms with Gasteiger partial charge in [0.15, 0.2) is 0 Å². The Morgan fingerprint density at radius 2 is 1.88 bits per heavy atom. The molecule has 0 radical (unpaired) electrons. The summed E-state index contributed by atoms with van der Waals surface area (Å²) in [5, 5.41) is 2.84. The number of benzene rings is 1. The molecule has 0 saturated heterocycles. The number of hydrogen-bond acceptors (Lipinski definition) is 2. The average molecular weight is 349 g/mol. The topological polar surface area (TPSA) is 45.2 Å². The molecule has 7 heteroatoms. The predicted octanol–water partition coefficient (Wildman–Crippen LogP) is 3.97. The van der Waals surface area contributed by atoms with Gasteiger partial charge in [0, 0.05) is 31.5 Å². The molecule has 0 unspecified atom stereocenters. The Labute approximate surface area is 143 Å². The van der Waals surface area contributed by atoms with Crippen LogP contribution in [0.5, 0.6) is 0 Å². The van der Waals surface area contributed by atoms with Gasteiger partial charge in [-0.3, -0.25) is 4.98 Å². The first-order valence-corrected chi connectivity index (χ1v) is 8.03. The van der Waals surface area contributed by atoms with E-state index in [0.717, 1.165) is 30.5 Å². The molecule has 2 aromatic rings. The van der Waals surface area contributed by atoms with Crippen LogP contribution in [0.25, 0.3) is 0 Å². The van der Waals surface area contributed by atoms with E-state index in [1.807, 2.05) is 6.07 Å². The van der Waals surface area contributed by atoms with Crippen molar-refractivity contribution in [2.75, 3.05) is 0 Å². The lowest BCUT2D eigenvalue weighted by molar-refractivity contribution is -0.137. The number of aromatic nitrogens is 1. The lowest BCUT2D eigenvalue weighted by Gasteiger charge is -2.23. The van der Waals surface area contributed by atoms with Crippen LogP contribution in [-0.4, -0.2) is 22.0 Å². The van der Waals surface area contributed by atoms with Crippen LogP contribution in [-0.2, 0) is 19.3 Å². The van der Waals surface area contributed by atoms with E-state index in [0.29, 0.717) is 18.7 Å². The van der Waals surface area contributed by atoms with Gasteiger partial charge in [-0.2, -0.15) is 13.2 Å². The van der Waals surface area contributed by atoms with Gasteiger partial charge in [0.05, 0.1) is 5.56 Å². The van der Waals surface area contributed by atoms with Crippen molar-refractivity contribution in [2.24, 2.45) is 0 Å². The fourth-order valence-corrected chi connectivity index (χ4v) is 2.53. The monoisotopic (exact) mass is 349 g/mol. The van der Waals surface area contributed by atoms with Crippen LogP contribution >= 0.6 is 0 Å². The van der Waals surface area contributed by atoms with Crippen molar-refractivity contribution in [2.45, 2.75) is 38.1 Å². The maximum absolute atomic E-state index is 12.6. The van der Waals surface area contributed by atoms with E-state index in [4.69, 9.17) is 0 Å². The summed E-state index contributed by atoms with van der Waals surface area (Å²) < 4.78 is 37.9. The highest BCUT2D eigenvalue weighted by Gasteiger charge is 2.33. The second-order valence-electron chi connectivity index (χ2n) is 6.07. The largest absolute Gasteiger partial charge is 0.416 e. The van der Waals surface area contributed by atoms with Crippen LogP contribution in [0, 0.1) is 0 Å². The number of halogens is 3. The lowest BCUT2D eigenvalue weighted by atomic mass is 10.1. The third kappa shape index (κ3) is 4.71. The van der Waals surface area contributed by atoms with E-state index in [1.54, 1.807) is 23.4 Å². The predicted molar refractivity (Wildman–Crippen MR) is 86.5 cm³/mol. The molecule has 1 N–H and O–H groups in total. The van der Waals surface area contributed by atoms with E-state index in [1.165, 1.54) is 12.1 Å². The van der Waals surface area contributed by atoms with E-state index in [-0.39, 0.29) is 12.1 Å². The van der Waals surface area contributed by atoms with E-state index in [9.17, 15) is 18.0 Å². The SMILES string of the molecule is O=C(NCc1cccnc1)N(Cc1ccc(C(F)(F)F)cc1)C1CC1. The van der Waals surface area contributed by atoms with Crippen LogP contribution in [0.15, 0.2) is 48.8 Å². The Balaban J connectivity index is 1.62. The molecule has 0 atom stereocenters. The minimum absolute atomic E-state index is 0.149. The Kier molecular flexibility index (Phi) is 4.92. The molecule has 0 aliphatic heterocycles. The summed E-state index contributed by atoms with van der Waals surface area (Å²) >= 11 is 0. The van der Waals surface area contributed by atoms with Gasteiger partial charge in [-0.25, -0.2) is 4.79 Å². The third-order valence-corrected chi connectivity index (χ3v) is 4.05. The van der Waals surface area contributed by atoms with Gasteiger partial charge in [-0.15, -0.1) is 0 Å². The van der Waals surface area contributed by atoms with Gasteiger partial charge in [0.1, 0.15) is 0 Å². The van der Waals surface area contributed by atoms with E-state index in [2.05, 4.69) is 10.3 Å². The fourth-order valence-electron chi connectivity index (χ4n) is 2.53. The highest BCUT2D eigenvalue weighted by molar-refractivity contribution is 5.75. The van der Waals surface area contributed by atoms with Crippen molar-refractivity contribution >= 4 is 6.03 Å². The van der Waals surface area contributed by atoms with Gasteiger partial charge in [0.25, 0.3) is 0 Å². The Bertz CT molecular complexity index is 713. The molecule has 132 valence electrons. The van der Waals surface area contributed by atoms with E-state index < -0.39 is 11.7 Å². The molecule has 0 spiro atoms. The minimum atomic E-state index is -4.35. The number of carbonyl (C=O) groups is 1. The molecule has 1 aliphatic carbocycles. The number of nitrogens with zero attached hydrogens (tertiary/aromatic N) is 2. The van der Waals surface area contributed by atoms with Crippen molar-refractivity contribution in [1.29, 1.82) is 0 Å². The molecule has 1 fully saturated rings. The summed E-state index contributed by atoms with van der Waals surface area (Å²) in [5.41, 5.74) is 0.882. The molecule has 3 rings (SSSR count).